The van der Waals surface area contributed by atoms with Crippen LogP contribution in [-0.4, -0.2) is 6.04 Å². The Morgan fingerprint density at radius 2 is 1.81 bits per heavy atom. The number of benzene rings is 2. The van der Waals surface area contributed by atoms with E-state index in [0.717, 1.165) is 32.1 Å². The second-order valence-electron chi connectivity index (χ2n) is 10.6. The van der Waals surface area contributed by atoms with Gasteiger partial charge in [0.25, 0.3) is 0 Å². The molecular formula is C34H36N2. The maximum absolute atomic E-state index is 10.2. The van der Waals surface area contributed by atoms with Gasteiger partial charge in [0.1, 0.15) is 0 Å². The van der Waals surface area contributed by atoms with Crippen molar-refractivity contribution in [1.82, 2.24) is 0 Å². The fourth-order valence-electron chi connectivity index (χ4n) is 6.23. The van der Waals surface area contributed by atoms with Crippen molar-refractivity contribution in [3.63, 3.8) is 0 Å². The van der Waals surface area contributed by atoms with Crippen molar-refractivity contribution in [3.8, 4) is 17.2 Å². The first-order valence-electron chi connectivity index (χ1n) is 13.3. The SMILES string of the molecule is CC=CC=CC(=C1C=CC=CC1)N(c1ccc2c(c1)C(C)(C)c1ccccc1-2)C1CCCCC1C#N. The normalized spacial score (nSPS) is 23.5. The van der Waals surface area contributed by atoms with Crippen molar-refractivity contribution in [3.05, 3.63) is 113 Å². The first-order chi connectivity index (χ1) is 17.6. The molecule has 0 N–H and O–H groups in total. The summed E-state index contributed by atoms with van der Waals surface area (Å²) in [6.45, 7) is 6.72. The third-order valence-corrected chi connectivity index (χ3v) is 8.10. The fourth-order valence-corrected chi connectivity index (χ4v) is 6.23. The number of fused-ring (bicyclic) bond motifs is 3. The van der Waals surface area contributed by atoms with Crippen LogP contribution in [0.25, 0.3) is 11.1 Å². The van der Waals surface area contributed by atoms with Crippen molar-refractivity contribution >= 4 is 5.69 Å². The highest BCUT2D eigenvalue weighted by atomic mass is 15.2. The minimum absolute atomic E-state index is 0.0195. The van der Waals surface area contributed by atoms with E-state index in [4.69, 9.17) is 0 Å². The highest BCUT2D eigenvalue weighted by Gasteiger charge is 2.37. The van der Waals surface area contributed by atoms with Crippen LogP contribution in [0, 0.1) is 17.2 Å². The molecular weight excluding hydrogens is 436 g/mol. The summed E-state index contributed by atoms with van der Waals surface area (Å²) in [5.41, 5.74) is 9.07. The average molecular weight is 473 g/mol. The van der Waals surface area contributed by atoms with E-state index in [1.807, 2.05) is 6.92 Å². The van der Waals surface area contributed by atoms with Crippen LogP contribution in [0.1, 0.15) is 64.0 Å². The number of nitrogens with zero attached hydrogens (tertiary/aromatic N) is 2. The van der Waals surface area contributed by atoms with Crippen LogP contribution < -0.4 is 4.90 Å². The summed E-state index contributed by atoms with van der Waals surface area (Å²) >= 11 is 0. The Balaban J connectivity index is 1.70. The van der Waals surface area contributed by atoms with E-state index in [2.05, 4.69) is 116 Å². The van der Waals surface area contributed by atoms with Gasteiger partial charge in [-0.1, -0.05) is 99.6 Å². The van der Waals surface area contributed by atoms with Crippen LogP contribution in [0.4, 0.5) is 5.69 Å². The standard InChI is InChI=1S/C34H36N2/c1-4-5-7-19-32(25-14-8-6-9-15-25)36(33-20-13-10-16-26(33)24-35)27-21-22-29-28-17-11-12-18-30(28)34(2,3)31(29)23-27/h4-9,11-12,14,17-19,21-23,26,33H,10,13,15-16,20H2,1-3H3. The predicted molar refractivity (Wildman–Crippen MR) is 152 cm³/mol. The third kappa shape index (κ3) is 4.28. The first kappa shape index (κ1) is 24.1. The van der Waals surface area contributed by atoms with Crippen LogP contribution >= 0.6 is 0 Å². The third-order valence-electron chi connectivity index (χ3n) is 8.10. The number of anilines is 1. The summed E-state index contributed by atoms with van der Waals surface area (Å²) in [7, 11) is 0. The van der Waals surface area contributed by atoms with Crippen LogP contribution in [0.2, 0.25) is 0 Å². The Morgan fingerprint density at radius 3 is 2.58 bits per heavy atom. The number of nitriles is 1. The van der Waals surface area contributed by atoms with Gasteiger partial charge in [-0.3, -0.25) is 0 Å². The van der Waals surface area contributed by atoms with Crippen molar-refractivity contribution in [2.75, 3.05) is 4.90 Å². The highest BCUT2D eigenvalue weighted by Crippen LogP contribution is 2.50. The van der Waals surface area contributed by atoms with Crippen molar-refractivity contribution in [2.24, 2.45) is 5.92 Å². The zero-order valence-corrected chi connectivity index (χ0v) is 21.7. The molecule has 3 aliphatic rings. The van der Waals surface area contributed by atoms with E-state index in [-0.39, 0.29) is 17.4 Å². The molecule has 2 aromatic rings. The van der Waals surface area contributed by atoms with Gasteiger partial charge in [-0.15, -0.1) is 0 Å². The average Bonchev–Trinajstić information content (AvgIpc) is 3.15. The molecule has 1 fully saturated rings. The Labute approximate surface area is 216 Å². The highest BCUT2D eigenvalue weighted by molar-refractivity contribution is 5.83. The van der Waals surface area contributed by atoms with Gasteiger partial charge in [-0.2, -0.15) is 5.26 Å². The molecule has 5 rings (SSSR count). The summed E-state index contributed by atoms with van der Waals surface area (Å²) < 4.78 is 0. The monoisotopic (exact) mass is 472 g/mol. The van der Waals surface area contributed by atoms with Gasteiger partial charge in [0.2, 0.25) is 0 Å². The molecule has 0 radical (unpaired) electrons. The van der Waals surface area contributed by atoms with Crippen LogP contribution in [0.5, 0.6) is 0 Å². The molecule has 3 aliphatic carbocycles. The minimum Gasteiger partial charge on any atom is -0.337 e. The van der Waals surface area contributed by atoms with E-state index in [1.54, 1.807) is 0 Å². The minimum atomic E-state index is -0.0592. The Kier molecular flexibility index (Phi) is 6.84. The smallest absolute Gasteiger partial charge is 0.0677 e. The molecule has 2 atom stereocenters. The largest absolute Gasteiger partial charge is 0.337 e. The maximum atomic E-state index is 10.2. The van der Waals surface area contributed by atoms with Crippen molar-refractivity contribution in [2.45, 2.75) is 64.3 Å². The lowest BCUT2D eigenvalue weighted by atomic mass is 9.81. The molecule has 2 nitrogen and oxygen atoms in total. The van der Waals surface area contributed by atoms with Gasteiger partial charge in [0.05, 0.1) is 18.0 Å². The second-order valence-corrected chi connectivity index (χ2v) is 10.6. The van der Waals surface area contributed by atoms with Gasteiger partial charge in [0.15, 0.2) is 0 Å². The lowest BCUT2D eigenvalue weighted by molar-refractivity contribution is 0.360. The first-order valence-corrected chi connectivity index (χ1v) is 13.3. The van der Waals surface area contributed by atoms with E-state index in [9.17, 15) is 5.26 Å². The molecule has 182 valence electrons. The van der Waals surface area contributed by atoms with Crippen LogP contribution in [-0.2, 0) is 5.41 Å². The molecule has 0 saturated heterocycles. The maximum Gasteiger partial charge on any atom is 0.0677 e. The van der Waals surface area contributed by atoms with Gasteiger partial charge in [-0.25, -0.2) is 0 Å². The lowest BCUT2D eigenvalue weighted by Crippen LogP contribution is -2.42. The van der Waals surface area contributed by atoms with E-state index < -0.39 is 0 Å². The molecule has 0 aromatic heterocycles. The zero-order chi connectivity index (χ0) is 25.1. The van der Waals surface area contributed by atoms with Gasteiger partial charge < -0.3 is 4.90 Å². The van der Waals surface area contributed by atoms with Gasteiger partial charge >= 0.3 is 0 Å². The summed E-state index contributed by atoms with van der Waals surface area (Å²) in [5, 5.41) is 10.2. The zero-order valence-electron chi connectivity index (χ0n) is 21.7. The predicted octanol–water partition coefficient (Wildman–Crippen LogP) is 8.78. The molecule has 0 bridgehead atoms. The van der Waals surface area contributed by atoms with Gasteiger partial charge in [0, 0.05) is 16.8 Å². The molecule has 2 aromatic carbocycles. The fraction of sp³-hybridized carbons (Fsp3) is 0.324. The topological polar surface area (TPSA) is 27.0 Å². The molecule has 0 spiro atoms. The van der Waals surface area contributed by atoms with E-state index >= 15 is 0 Å². The molecule has 2 unspecified atom stereocenters. The molecule has 0 heterocycles. The van der Waals surface area contributed by atoms with E-state index in [1.165, 1.54) is 39.2 Å². The van der Waals surface area contributed by atoms with Crippen LogP contribution in [0.3, 0.4) is 0 Å². The van der Waals surface area contributed by atoms with Crippen molar-refractivity contribution in [1.29, 1.82) is 5.26 Å². The van der Waals surface area contributed by atoms with Crippen LogP contribution in [0.15, 0.2) is 102 Å². The summed E-state index contributed by atoms with van der Waals surface area (Å²) in [6, 6.07) is 18.6. The molecule has 0 amide bonds. The summed E-state index contributed by atoms with van der Waals surface area (Å²) in [6.07, 6.45) is 22.4. The molecule has 36 heavy (non-hydrogen) atoms. The summed E-state index contributed by atoms with van der Waals surface area (Å²) in [5.74, 6) is 0.0195. The Bertz CT molecular complexity index is 1330. The summed E-state index contributed by atoms with van der Waals surface area (Å²) in [4.78, 5) is 2.51. The molecule has 0 aliphatic heterocycles. The number of hydrogen-bond acceptors (Lipinski definition) is 2. The van der Waals surface area contributed by atoms with Crippen molar-refractivity contribution < 1.29 is 0 Å². The lowest BCUT2D eigenvalue weighted by Gasteiger charge is -2.41. The number of allylic oxidation sites excluding steroid dienone is 9. The number of hydrogen-bond donors (Lipinski definition) is 0. The number of rotatable bonds is 5. The molecule has 1 saturated carbocycles. The Hall–Kier alpha value is -3.57. The molecule has 2 heteroatoms. The second kappa shape index (κ2) is 10.2. The quantitative estimate of drug-likeness (QED) is 0.407. The van der Waals surface area contributed by atoms with E-state index in [0.29, 0.717) is 0 Å². The van der Waals surface area contributed by atoms with Gasteiger partial charge in [-0.05, 0) is 72.2 Å². The Morgan fingerprint density at radius 1 is 1.00 bits per heavy atom.